The maximum absolute atomic E-state index is 12.6. The van der Waals surface area contributed by atoms with Gasteiger partial charge >= 0.3 is 11.9 Å². The summed E-state index contributed by atoms with van der Waals surface area (Å²) in [4.78, 5) is 25.2. The molecule has 71 heavy (non-hydrogen) atoms. The molecule has 7 rings (SSSR count). The van der Waals surface area contributed by atoms with Crippen LogP contribution in [-0.4, -0.2) is 24.6 Å². The van der Waals surface area contributed by atoms with Crippen molar-refractivity contribution in [1.82, 2.24) is 0 Å². The van der Waals surface area contributed by atoms with Crippen LogP contribution in [0.4, 0.5) is 0 Å². The first-order valence-electron chi connectivity index (χ1n) is 29.4. The van der Waals surface area contributed by atoms with Gasteiger partial charge in [0.25, 0.3) is 0 Å². The summed E-state index contributed by atoms with van der Waals surface area (Å²) < 4.78 is 17.7. The number of fused-ring (bicyclic) bond motifs is 5. The van der Waals surface area contributed by atoms with E-state index in [1.165, 1.54) is 122 Å². The lowest BCUT2D eigenvalue weighted by atomic mass is 9.47. The fraction of sp³-hybridized carbons (Fsp3) is 0.667. The predicted octanol–water partition coefficient (Wildman–Crippen LogP) is 19.1. The second-order valence-corrected chi connectivity index (χ2v) is 23.6. The van der Waals surface area contributed by atoms with Crippen LogP contribution in [0.15, 0.2) is 90.5 Å². The van der Waals surface area contributed by atoms with Crippen LogP contribution in [0, 0.1) is 46.3 Å². The predicted molar refractivity (Wildman–Crippen MR) is 297 cm³/mol. The van der Waals surface area contributed by atoms with Gasteiger partial charge in [0.15, 0.2) is 0 Å². The molecule has 4 aliphatic rings. The lowest BCUT2D eigenvalue weighted by Gasteiger charge is -2.58. The summed E-state index contributed by atoms with van der Waals surface area (Å²) in [6.45, 7) is 19.9. The standard InChI is InChI=1S/C36H62O2.C30H36O3/c1-7-8-9-10-11-12-16-34(37)38-29-21-23-35(5)28(25-29)17-18-30-32-20-19-31(27(4)15-13-14-26(2)3)36(32,6)24-22-33(30)35;1-3-5-6-7-8-12-23-32-28-21-19-25(20-22-28)24-15-17-27(18-16-24)30(31)33-29(4-2)26-13-10-9-11-14-26/h17,26-27,29-33H,7-16,18-25H2,1-6H3;9-11,13-22,29H,3-8,12,23H2,1-2H3/t27-,29+,30+,31-,32+,33+,35+,36-;/m1./s1. The molecule has 0 bridgehead atoms. The number of carbonyl (C=O) groups is 2. The number of hydrogen-bond donors (Lipinski definition) is 0. The number of allylic oxidation sites excluding steroid dienone is 1. The molecule has 9 atom stereocenters. The number of hydrogen-bond acceptors (Lipinski definition) is 5. The van der Waals surface area contributed by atoms with Crippen LogP contribution in [0.25, 0.3) is 11.1 Å². The van der Waals surface area contributed by atoms with Gasteiger partial charge in [-0.15, -0.1) is 0 Å². The van der Waals surface area contributed by atoms with Crippen LogP contribution < -0.4 is 4.74 Å². The van der Waals surface area contributed by atoms with Gasteiger partial charge in [0.2, 0.25) is 0 Å². The maximum atomic E-state index is 12.6. The van der Waals surface area contributed by atoms with Gasteiger partial charge in [-0.2, -0.15) is 0 Å². The minimum atomic E-state index is -0.296. The van der Waals surface area contributed by atoms with E-state index in [1.807, 2.05) is 73.7 Å². The molecule has 392 valence electrons. The van der Waals surface area contributed by atoms with Crippen LogP contribution in [-0.2, 0) is 14.3 Å². The van der Waals surface area contributed by atoms with Crippen LogP contribution in [0.3, 0.4) is 0 Å². The van der Waals surface area contributed by atoms with Gasteiger partial charge in [0, 0.05) is 12.8 Å². The van der Waals surface area contributed by atoms with E-state index < -0.39 is 0 Å². The molecule has 3 fully saturated rings. The highest BCUT2D eigenvalue weighted by atomic mass is 16.5. The second-order valence-electron chi connectivity index (χ2n) is 23.6. The highest BCUT2D eigenvalue weighted by Crippen LogP contribution is 2.67. The van der Waals surface area contributed by atoms with Crippen molar-refractivity contribution >= 4 is 11.9 Å². The summed E-state index contributed by atoms with van der Waals surface area (Å²) in [5.41, 5.74) is 6.27. The van der Waals surface area contributed by atoms with Crippen LogP contribution in [0.1, 0.15) is 238 Å². The van der Waals surface area contributed by atoms with Gasteiger partial charge in [0.05, 0.1) is 12.2 Å². The molecule has 3 saturated carbocycles. The van der Waals surface area contributed by atoms with E-state index in [2.05, 4.69) is 66.7 Å². The lowest BCUT2D eigenvalue weighted by molar-refractivity contribution is -0.151. The van der Waals surface area contributed by atoms with Crippen molar-refractivity contribution in [2.24, 2.45) is 46.3 Å². The fourth-order valence-corrected chi connectivity index (χ4v) is 13.9. The molecule has 0 aromatic heterocycles. The van der Waals surface area contributed by atoms with E-state index in [1.54, 1.807) is 5.57 Å². The van der Waals surface area contributed by atoms with Gasteiger partial charge in [0.1, 0.15) is 18.0 Å². The number of rotatable bonds is 26. The van der Waals surface area contributed by atoms with E-state index >= 15 is 0 Å². The van der Waals surface area contributed by atoms with Gasteiger partial charge in [-0.05, 0) is 152 Å². The topological polar surface area (TPSA) is 61.8 Å². The van der Waals surface area contributed by atoms with E-state index in [-0.39, 0.29) is 24.1 Å². The Morgan fingerprint density at radius 2 is 1.31 bits per heavy atom. The van der Waals surface area contributed by atoms with Crippen molar-refractivity contribution in [2.45, 2.75) is 228 Å². The molecule has 0 amide bonds. The number of unbranched alkanes of at least 4 members (excludes halogenated alkanes) is 10. The molecule has 0 N–H and O–H groups in total. The molecule has 5 nitrogen and oxygen atoms in total. The molecule has 0 spiro atoms. The van der Waals surface area contributed by atoms with Crippen LogP contribution >= 0.6 is 0 Å². The summed E-state index contributed by atoms with van der Waals surface area (Å²) in [6, 6.07) is 25.6. The molecular formula is C66H98O5. The van der Waals surface area contributed by atoms with Crippen molar-refractivity contribution in [3.8, 4) is 16.9 Å². The third-order valence-corrected chi connectivity index (χ3v) is 18.2. The summed E-state index contributed by atoms with van der Waals surface area (Å²) in [6.07, 6.45) is 33.4. The van der Waals surface area contributed by atoms with Crippen molar-refractivity contribution in [3.05, 3.63) is 102 Å². The van der Waals surface area contributed by atoms with Crippen LogP contribution in [0.5, 0.6) is 5.75 Å². The van der Waals surface area contributed by atoms with Crippen molar-refractivity contribution in [2.75, 3.05) is 6.61 Å². The fourth-order valence-electron chi connectivity index (χ4n) is 13.9. The highest BCUT2D eigenvalue weighted by molar-refractivity contribution is 5.90. The van der Waals surface area contributed by atoms with E-state index in [4.69, 9.17) is 14.2 Å². The highest BCUT2D eigenvalue weighted by Gasteiger charge is 2.59. The Hall–Kier alpha value is -3.86. The second kappa shape index (κ2) is 28.6. The molecule has 0 saturated heterocycles. The molecule has 1 unspecified atom stereocenters. The normalized spacial score (nSPS) is 25.4. The Kier molecular flexibility index (Phi) is 22.7. The maximum Gasteiger partial charge on any atom is 0.338 e. The van der Waals surface area contributed by atoms with Gasteiger partial charge in [-0.3, -0.25) is 4.79 Å². The third kappa shape index (κ3) is 15.8. The van der Waals surface area contributed by atoms with Gasteiger partial charge in [-0.25, -0.2) is 4.79 Å². The molecule has 0 radical (unpaired) electrons. The Bertz CT molecular complexity index is 2040. The summed E-state index contributed by atoms with van der Waals surface area (Å²) in [5.74, 6) is 5.95. The monoisotopic (exact) mass is 971 g/mol. The average molecular weight is 972 g/mol. The number of ether oxygens (including phenoxy) is 3. The summed E-state index contributed by atoms with van der Waals surface area (Å²) >= 11 is 0. The Labute approximate surface area is 433 Å². The van der Waals surface area contributed by atoms with E-state index in [0.29, 0.717) is 22.8 Å². The molecule has 4 aliphatic carbocycles. The molecule has 0 aliphatic heterocycles. The molecule has 0 heterocycles. The van der Waals surface area contributed by atoms with Gasteiger partial charge < -0.3 is 14.2 Å². The average Bonchev–Trinajstić information content (AvgIpc) is 3.74. The Balaban J connectivity index is 0.000000235. The minimum Gasteiger partial charge on any atom is -0.494 e. The molecule has 3 aromatic carbocycles. The first kappa shape index (κ1) is 56.4. The SMILES string of the molecule is CCCCCCCCC(=O)O[C@H]1CC[C@@]2(C)C(=CC[C@H]3[C@@H]4CC[C@H]([C@H](C)CCCC(C)C)[C@@]4(C)CC[C@@H]32)C1.CCCCCCCCOc1ccc(-c2ccc(C(=O)OC(CC)c3ccccc3)cc2)cc1. The number of carbonyl (C=O) groups excluding carboxylic acids is 2. The smallest absolute Gasteiger partial charge is 0.338 e. The van der Waals surface area contributed by atoms with Crippen molar-refractivity contribution < 1.29 is 23.8 Å². The Morgan fingerprint density at radius 3 is 1.97 bits per heavy atom. The van der Waals surface area contributed by atoms with Crippen LogP contribution in [0.2, 0.25) is 0 Å². The molecular weight excluding hydrogens is 873 g/mol. The lowest BCUT2D eigenvalue weighted by Crippen LogP contribution is -2.51. The summed E-state index contributed by atoms with van der Waals surface area (Å²) in [5, 5.41) is 0. The zero-order chi connectivity index (χ0) is 50.6. The van der Waals surface area contributed by atoms with Crippen molar-refractivity contribution in [3.63, 3.8) is 0 Å². The minimum absolute atomic E-state index is 0.0522. The first-order valence-corrected chi connectivity index (χ1v) is 29.4. The Morgan fingerprint density at radius 1 is 0.662 bits per heavy atom. The quantitative estimate of drug-likeness (QED) is 0.0456. The zero-order valence-corrected chi connectivity index (χ0v) is 46.1. The number of benzene rings is 3. The van der Waals surface area contributed by atoms with E-state index in [9.17, 15) is 9.59 Å². The molecule has 3 aromatic rings. The molecule has 5 heteroatoms. The number of esters is 2. The zero-order valence-electron chi connectivity index (χ0n) is 46.1. The summed E-state index contributed by atoms with van der Waals surface area (Å²) in [7, 11) is 0. The largest absolute Gasteiger partial charge is 0.494 e. The van der Waals surface area contributed by atoms with Crippen molar-refractivity contribution in [1.29, 1.82) is 0 Å². The first-order chi connectivity index (χ1) is 34.4. The van der Waals surface area contributed by atoms with Gasteiger partial charge in [-0.1, -0.05) is 205 Å². The third-order valence-electron chi connectivity index (χ3n) is 18.2. The van der Waals surface area contributed by atoms with E-state index in [0.717, 1.165) is 96.7 Å².